The van der Waals surface area contributed by atoms with E-state index in [-0.39, 0.29) is 5.54 Å². The van der Waals surface area contributed by atoms with Crippen molar-refractivity contribution in [3.63, 3.8) is 0 Å². The summed E-state index contributed by atoms with van der Waals surface area (Å²) in [4.78, 5) is 10.3. The van der Waals surface area contributed by atoms with Gasteiger partial charge in [0, 0.05) is 45.5 Å². The van der Waals surface area contributed by atoms with Crippen LogP contribution < -0.4 is 4.72 Å². The number of hydrogen-bond acceptors (Lipinski definition) is 5. The number of nitrogens with zero attached hydrogens (tertiary/aromatic N) is 2. The van der Waals surface area contributed by atoms with E-state index in [4.69, 9.17) is 0 Å². The highest BCUT2D eigenvalue weighted by Crippen LogP contribution is 2.42. The van der Waals surface area contributed by atoms with Crippen molar-refractivity contribution >= 4 is 23.3 Å². The molecular formula is C29H43N3S2. The van der Waals surface area contributed by atoms with E-state index in [1.807, 2.05) is 23.3 Å². The van der Waals surface area contributed by atoms with Crippen LogP contribution in [0.2, 0.25) is 0 Å². The van der Waals surface area contributed by atoms with Crippen LogP contribution in [0.5, 0.6) is 0 Å². The SMILES string of the molecule is Cc1ccc(C(C)(C)N2CCC(CCc3cc(C)c(C)s3)(CNSC3C=CC(C)CC3)C2)cn1. The van der Waals surface area contributed by atoms with E-state index in [1.165, 1.54) is 48.1 Å². The summed E-state index contributed by atoms with van der Waals surface area (Å²) in [6.45, 7) is 17.0. The normalized spacial score (nSPS) is 25.8. The van der Waals surface area contributed by atoms with Crippen LogP contribution in [0.3, 0.4) is 0 Å². The molecule has 3 nitrogen and oxygen atoms in total. The van der Waals surface area contributed by atoms with Crippen LogP contribution in [-0.2, 0) is 12.0 Å². The summed E-state index contributed by atoms with van der Waals surface area (Å²) < 4.78 is 3.85. The molecule has 1 saturated heterocycles. The molecule has 4 rings (SSSR count). The van der Waals surface area contributed by atoms with Crippen molar-refractivity contribution < 1.29 is 0 Å². The minimum Gasteiger partial charge on any atom is -0.293 e. The molecule has 3 unspecified atom stereocenters. The molecule has 5 heteroatoms. The average Bonchev–Trinajstić information content (AvgIpc) is 3.38. The maximum Gasteiger partial charge on any atom is 0.0419 e. The molecule has 1 N–H and O–H groups in total. The lowest BCUT2D eigenvalue weighted by Gasteiger charge is -2.38. The van der Waals surface area contributed by atoms with Crippen molar-refractivity contribution in [1.82, 2.24) is 14.6 Å². The number of nitrogens with one attached hydrogen (secondary N) is 1. The molecule has 0 saturated carbocycles. The molecule has 34 heavy (non-hydrogen) atoms. The summed E-state index contributed by atoms with van der Waals surface area (Å²) in [7, 11) is 0. The third kappa shape index (κ3) is 6.16. The van der Waals surface area contributed by atoms with Crippen LogP contribution in [0.25, 0.3) is 0 Å². The first-order valence-electron chi connectivity index (χ1n) is 13.0. The number of hydrogen-bond donors (Lipinski definition) is 1. The molecule has 2 aromatic heterocycles. The van der Waals surface area contributed by atoms with E-state index in [1.54, 1.807) is 4.88 Å². The lowest BCUT2D eigenvalue weighted by molar-refractivity contribution is 0.129. The Labute approximate surface area is 216 Å². The predicted octanol–water partition coefficient (Wildman–Crippen LogP) is 7.22. The number of allylic oxidation sites excluding steroid dienone is 1. The molecule has 1 aliphatic heterocycles. The molecule has 3 atom stereocenters. The van der Waals surface area contributed by atoms with Gasteiger partial charge in [-0.25, -0.2) is 0 Å². The van der Waals surface area contributed by atoms with Crippen LogP contribution >= 0.6 is 23.3 Å². The van der Waals surface area contributed by atoms with Gasteiger partial charge in [-0.15, -0.1) is 11.3 Å². The average molecular weight is 498 g/mol. The molecule has 1 fully saturated rings. The molecule has 2 aromatic rings. The number of aromatic nitrogens is 1. The van der Waals surface area contributed by atoms with E-state index >= 15 is 0 Å². The summed E-state index contributed by atoms with van der Waals surface area (Å²) in [5.41, 5.74) is 4.15. The Balaban J connectivity index is 1.45. The quantitative estimate of drug-likeness (QED) is 0.292. The third-order valence-corrected chi connectivity index (χ3v) is 10.4. The van der Waals surface area contributed by atoms with Crippen molar-refractivity contribution in [3.05, 3.63) is 63.1 Å². The van der Waals surface area contributed by atoms with Gasteiger partial charge < -0.3 is 0 Å². The molecule has 0 aromatic carbocycles. The molecule has 0 amide bonds. The van der Waals surface area contributed by atoms with Crippen molar-refractivity contribution in [3.8, 4) is 0 Å². The Morgan fingerprint density at radius 1 is 1.21 bits per heavy atom. The zero-order valence-corrected chi connectivity index (χ0v) is 23.6. The summed E-state index contributed by atoms with van der Waals surface area (Å²) in [5, 5.41) is 0.614. The van der Waals surface area contributed by atoms with Gasteiger partial charge in [0.15, 0.2) is 0 Å². The highest BCUT2D eigenvalue weighted by Gasteiger charge is 2.43. The van der Waals surface area contributed by atoms with Crippen LogP contribution in [0.15, 0.2) is 36.5 Å². The predicted molar refractivity (Wildman–Crippen MR) is 150 cm³/mol. The summed E-state index contributed by atoms with van der Waals surface area (Å²) in [6.07, 6.45) is 13.2. The first-order valence-corrected chi connectivity index (χ1v) is 14.7. The summed E-state index contributed by atoms with van der Waals surface area (Å²) in [5.74, 6) is 0.739. The monoisotopic (exact) mass is 497 g/mol. The van der Waals surface area contributed by atoms with Gasteiger partial charge in [-0.1, -0.05) is 37.1 Å². The molecule has 3 heterocycles. The largest absolute Gasteiger partial charge is 0.293 e. The highest BCUT2D eigenvalue weighted by molar-refractivity contribution is 7.98. The molecule has 1 aliphatic carbocycles. The van der Waals surface area contributed by atoms with E-state index in [2.05, 4.69) is 92.7 Å². The second-order valence-electron chi connectivity index (χ2n) is 11.3. The molecule has 0 spiro atoms. The smallest absolute Gasteiger partial charge is 0.0419 e. The highest BCUT2D eigenvalue weighted by atomic mass is 32.2. The summed E-state index contributed by atoms with van der Waals surface area (Å²) >= 11 is 3.95. The summed E-state index contributed by atoms with van der Waals surface area (Å²) in [6, 6.07) is 6.83. The zero-order chi connectivity index (χ0) is 24.3. The standard InChI is InChI=1S/C29H43N3S2/c1-21-7-11-26(12-8-21)34-31-19-29(14-13-27-17-22(2)24(4)33-27)15-16-32(20-29)28(5,6)25-10-9-23(3)30-18-25/h7,9-11,17-18,21,26,31H,8,12-16,19-20H2,1-6H3. The van der Waals surface area contributed by atoms with Gasteiger partial charge in [0.05, 0.1) is 0 Å². The van der Waals surface area contributed by atoms with Crippen LogP contribution in [0.1, 0.15) is 73.0 Å². The molecular weight excluding hydrogens is 454 g/mol. The molecule has 0 bridgehead atoms. The van der Waals surface area contributed by atoms with Crippen LogP contribution in [0.4, 0.5) is 0 Å². The van der Waals surface area contributed by atoms with E-state index in [0.29, 0.717) is 10.7 Å². The van der Waals surface area contributed by atoms with Crippen molar-refractivity contribution in [2.75, 3.05) is 19.6 Å². The molecule has 186 valence electrons. The van der Waals surface area contributed by atoms with Gasteiger partial charge in [0.1, 0.15) is 0 Å². The second-order valence-corrected chi connectivity index (χ2v) is 13.8. The Bertz CT molecular complexity index is 958. The minimum atomic E-state index is -0.00600. The lowest BCUT2D eigenvalue weighted by Crippen LogP contribution is -2.43. The van der Waals surface area contributed by atoms with Crippen molar-refractivity contribution in [1.29, 1.82) is 0 Å². The number of pyridine rings is 1. The maximum absolute atomic E-state index is 4.60. The number of thiophene rings is 1. The molecule has 2 aliphatic rings. The van der Waals surface area contributed by atoms with Gasteiger partial charge in [-0.2, -0.15) is 0 Å². The zero-order valence-electron chi connectivity index (χ0n) is 22.0. The van der Waals surface area contributed by atoms with Crippen LogP contribution in [-0.4, -0.2) is 34.8 Å². The molecule has 0 radical (unpaired) electrons. The Hall–Kier alpha value is -1.14. The fourth-order valence-electron chi connectivity index (χ4n) is 5.36. The van der Waals surface area contributed by atoms with Gasteiger partial charge >= 0.3 is 0 Å². The lowest BCUT2D eigenvalue weighted by atomic mass is 9.82. The Kier molecular flexibility index (Phi) is 8.28. The van der Waals surface area contributed by atoms with Crippen molar-refractivity contribution in [2.24, 2.45) is 11.3 Å². The topological polar surface area (TPSA) is 28.2 Å². The Morgan fingerprint density at radius 3 is 2.68 bits per heavy atom. The van der Waals surface area contributed by atoms with E-state index < -0.39 is 0 Å². The van der Waals surface area contributed by atoms with Crippen molar-refractivity contribution in [2.45, 2.75) is 84.4 Å². The fourth-order valence-corrected chi connectivity index (χ4v) is 7.44. The van der Waals surface area contributed by atoms with Crippen LogP contribution in [0, 0.1) is 32.1 Å². The van der Waals surface area contributed by atoms with E-state index in [0.717, 1.165) is 31.2 Å². The van der Waals surface area contributed by atoms with Gasteiger partial charge in [-0.05, 0) is 108 Å². The maximum atomic E-state index is 4.60. The minimum absolute atomic E-state index is 0.00600. The van der Waals surface area contributed by atoms with Gasteiger partial charge in [0.25, 0.3) is 0 Å². The fraction of sp³-hybridized carbons (Fsp3) is 0.621. The first kappa shape index (κ1) is 25.9. The van der Waals surface area contributed by atoms with E-state index in [9.17, 15) is 0 Å². The number of likely N-dealkylation sites (tertiary alicyclic amines) is 1. The van der Waals surface area contributed by atoms with Gasteiger partial charge in [-0.3, -0.25) is 14.6 Å². The third-order valence-electron chi connectivity index (χ3n) is 8.21. The number of aryl methyl sites for hydroxylation is 4. The second kappa shape index (κ2) is 10.9. The van der Waals surface area contributed by atoms with Gasteiger partial charge in [0.2, 0.25) is 0 Å². The number of rotatable bonds is 9. The first-order chi connectivity index (χ1) is 16.2. The Morgan fingerprint density at radius 2 is 2.03 bits per heavy atom.